The van der Waals surface area contributed by atoms with Crippen LogP contribution in [0.2, 0.25) is 0 Å². The van der Waals surface area contributed by atoms with E-state index < -0.39 is 0 Å². The minimum Gasteiger partial charge on any atom is -0.497 e. The number of methoxy groups -OCH3 is 2. The summed E-state index contributed by atoms with van der Waals surface area (Å²) in [4.78, 5) is 11.8. The zero-order chi connectivity index (χ0) is 13.0. The van der Waals surface area contributed by atoms with Gasteiger partial charge in [0.1, 0.15) is 5.75 Å². The SMILES string of the molecule is COC(=O)[C@@H]1CNCC[C@@H]1c1ccc(OC)cc1. The van der Waals surface area contributed by atoms with Gasteiger partial charge in [0.15, 0.2) is 0 Å². The Bertz CT molecular complexity index is 402. The molecule has 4 nitrogen and oxygen atoms in total. The average Bonchev–Trinajstić information content (AvgIpc) is 2.46. The van der Waals surface area contributed by atoms with E-state index in [4.69, 9.17) is 9.47 Å². The van der Waals surface area contributed by atoms with E-state index in [0.29, 0.717) is 6.54 Å². The van der Waals surface area contributed by atoms with Crippen molar-refractivity contribution in [3.05, 3.63) is 29.8 Å². The number of rotatable bonds is 3. The summed E-state index contributed by atoms with van der Waals surface area (Å²) in [6, 6.07) is 7.94. The molecule has 0 amide bonds. The van der Waals surface area contributed by atoms with Crippen molar-refractivity contribution in [2.24, 2.45) is 5.92 Å². The van der Waals surface area contributed by atoms with Crippen molar-refractivity contribution >= 4 is 5.97 Å². The summed E-state index contributed by atoms with van der Waals surface area (Å²) in [5.74, 6) is 0.826. The first-order valence-electron chi connectivity index (χ1n) is 6.18. The van der Waals surface area contributed by atoms with Crippen LogP contribution in [0.5, 0.6) is 5.75 Å². The molecule has 1 fully saturated rings. The number of hydrogen-bond acceptors (Lipinski definition) is 4. The zero-order valence-electron chi connectivity index (χ0n) is 10.8. The lowest BCUT2D eigenvalue weighted by atomic mass is 9.81. The van der Waals surface area contributed by atoms with Crippen molar-refractivity contribution in [1.29, 1.82) is 0 Å². The highest BCUT2D eigenvalue weighted by Gasteiger charge is 2.32. The first-order chi connectivity index (χ1) is 8.76. The molecule has 1 aliphatic heterocycles. The van der Waals surface area contributed by atoms with Gasteiger partial charge in [-0.2, -0.15) is 0 Å². The standard InChI is InChI=1S/C14H19NO3/c1-17-11-5-3-10(4-6-11)12-7-8-15-9-13(12)14(16)18-2/h3-6,12-13,15H,7-9H2,1-2H3/t12-,13-/m1/s1. The fraction of sp³-hybridized carbons (Fsp3) is 0.500. The molecule has 4 heteroatoms. The number of nitrogens with one attached hydrogen (secondary N) is 1. The minimum atomic E-state index is -0.136. The Morgan fingerprint density at radius 3 is 2.61 bits per heavy atom. The predicted octanol–water partition coefficient (Wildman–Crippen LogP) is 1.56. The second-order valence-electron chi connectivity index (χ2n) is 4.50. The first-order valence-corrected chi connectivity index (χ1v) is 6.18. The summed E-state index contributed by atoms with van der Waals surface area (Å²) in [6.07, 6.45) is 0.950. The van der Waals surface area contributed by atoms with Crippen molar-refractivity contribution < 1.29 is 14.3 Å². The van der Waals surface area contributed by atoms with Crippen LogP contribution < -0.4 is 10.1 Å². The topological polar surface area (TPSA) is 47.6 Å². The summed E-state index contributed by atoms with van der Waals surface area (Å²) >= 11 is 0. The van der Waals surface area contributed by atoms with Gasteiger partial charge in [0.2, 0.25) is 0 Å². The van der Waals surface area contributed by atoms with Crippen LogP contribution in [0, 0.1) is 5.92 Å². The number of hydrogen-bond donors (Lipinski definition) is 1. The number of ether oxygens (including phenoxy) is 2. The monoisotopic (exact) mass is 249 g/mol. The molecule has 1 heterocycles. The second kappa shape index (κ2) is 5.87. The molecule has 0 radical (unpaired) electrons. The van der Waals surface area contributed by atoms with Gasteiger partial charge in [-0.25, -0.2) is 0 Å². The van der Waals surface area contributed by atoms with Crippen LogP contribution in [-0.2, 0) is 9.53 Å². The highest BCUT2D eigenvalue weighted by atomic mass is 16.5. The van der Waals surface area contributed by atoms with Crippen LogP contribution in [0.15, 0.2) is 24.3 Å². The van der Waals surface area contributed by atoms with E-state index >= 15 is 0 Å². The highest BCUT2D eigenvalue weighted by molar-refractivity contribution is 5.74. The third-order valence-corrected chi connectivity index (χ3v) is 3.53. The van der Waals surface area contributed by atoms with Gasteiger partial charge in [-0.1, -0.05) is 12.1 Å². The van der Waals surface area contributed by atoms with E-state index in [1.807, 2.05) is 24.3 Å². The van der Waals surface area contributed by atoms with Crippen LogP contribution in [0.1, 0.15) is 17.9 Å². The number of carbonyl (C=O) groups is 1. The van der Waals surface area contributed by atoms with Crippen molar-refractivity contribution in [3.8, 4) is 5.75 Å². The molecule has 0 spiro atoms. The van der Waals surface area contributed by atoms with Gasteiger partial charge in [-0.05, 0) is 36.6 Å². The molecule has 2 rings (SSSR count). The quantitative estimate of drug-likeness (QED) is 0.826. The first kappa shape index (κ1) is 12.9. The predicted molar refractivity (Wildman–Crippen MR) is 68.7 cm³/mol. The molecule has 1 aromatic carbocycles. The Hall–Kier alpha value is -1.55. The fourth-order valence-electron chi connectivity index (χ4n) is 2.51. The third kappa shape index (κ3) is 2.64. The van der Waals surface area contributed by atoms with Crippen LogP contribution in [0.4, 0.5) is 0 Å². The molecule has 1 aliphatic rings. The van der Waals surface area contributed by atoms with E-state index in [0.717, 1.165) is 18.7 Å². The molecule has 1 N–H and O–H groups in total. The Balaban J connectivity index is 2.19. The summed E-state index contributed by atoms with van der Waals surface area (Å²) in [6.45, 7) is 1.62. The van der Waals surface area contributed by atoms with Crippen LogP contribution in [0.25, 0.3) is 0 Å². The Morgan fingerprint density at radius 1 is 1.28 bits per heavy atom. The van der Waals surface area contributed by atoms with Gasteiger partial charge in [0.05, 0.1) is 20.1 Å². The molecular formula is C14H19NO3. The van der Waals surface area contributed by atoms with Crippen molar-refractivity contribution in [1.82, 2.24) is 5.32 Å². The van der Waals surface area contributed by atoms with Gasteiger partial charge in [0, 0.05) is 6.54 Å². The van der Waals surface area contributed by atoms with Crippen molar-refractivity contribution in [2.75, 3.05) is 27.3 Å². The second-order valence-corrected chi connectivity index (χ2v) is 4.50. The lowest BCUT2D eigenvalue weighted by Crippen LogP contribution is -2.40. The molecule has 2 atom stereocenters. The summed E-state index contributed by atoms with van der Waals surface area (Å²) in [5, 5.41) is 3.25. The highest BCUT2D eigenvalue weighted by Crippen LogP contribution is 2.31. The van der Waals surface area contributed by atoms with Gasteiger partial charge in [0.25, 0.3) is 0 Å². The van der Waals surface area contributed by atoms with Gasteiger partial charge >= 0.3 is 5.97 Å². The molecule has 18 heavy (non-hydrogen) atoms. The molecule has 0 bridgehead atoms. The largest absolute Gasteiger partial charge is 0.497 e. The van der Waals surface area contributed by atoms with Crippen molar-refractivity contribution in [3.63, 3.8) is 0 Å². The summed E-state index contributed by atoms with van der Waals surface area (Å²) in [7, 11) is 3.10. The third-order valence-electron chi connectivity index (χ3n) is 3.53. The lowest BCUT2D eigenvalue weighted by Gasteiger charge is -2.30. The van der Waals surface area contributed by atoms with E-state index in [-0.39, 0.29) is 17.8 Å². The van der Waals surface area contributed by atoms with Crippen LogP contribution in [-0.4, -0.2) is 33.3 Å². The molecule has 0 aromatic heterocycles. The molecule has 1 aromatic rings. The van der Waals surface area contributed by atoms with Crippen LogP contribution >= 0.6 is 0 Å². The van der Waals surface area contributed by atoms with E-state index in [1.165, 1.54) is 12.7 Å². The van der Waals surface area contributed by atoms with Crippen LogP contribution in [0.3, 0.4) is 0 Å². The molecule has 0 saturated carbocycles. The molecule has 0 aliphatic carbocycles. The molecule has 0 unspecified atom stereocenters. The Kier molecular flexibility index (Phi) is 4.20. The maximum atomic E-state index is 11.8. The summed E-state index contributed by atoms with van der Waals surface area (Å²) in [5.41, 5.74) is 1.17. The molecular weight excluding hydrogens is 230 g/mol. The van der Waals surface area contributed by atoms with E-state index in [9.17, 15) is 4.79 Å². The van der Waals surface area contributed by atoms with E-state index in [2.05, 4.69) is 5.32 Å². The van der Waals surface area contributed by atoms with Gasteiger partial charge in [-0.15, -0.1) is 0 Å². The lowest BCUT2D eigenvalue weighted by molar-refractivity contribution is -0.146. The average molecular weight is 249 g/mol. The number of benzene rings is 1. The molecule has 98 valence electrons. The minimum absolute atomic E-state index is 0.0999. The normalized spacial score (nSPS) is 23.4. The number of piperidine rings is 1. The Morgan fingerprint density at radius 2 is 2.00 bits per heavy atom. The number of esters is 1. The maximum Gasteiger partial charge on any atom is 0.310 e. The Labute approximate surface area is 107 Å². The number of carbonyl (C=O) groups excluding carboxylic acids is 1. The van der Waals surface area contributed by atoms with Crippen molar-refractivity contribution in [2.45, 2.75) is 12.3 Å². The maximum absolute atomic E-state index is 11.8. The summed E-state index contributed by atoms with van der Waals surface area (Å²) < 4.78 is 10.0. The molecule has 1 saturated heterocycles. The zero-order valence-corrected chi connectivity index (χ0v) is 10.8. The van der Waals surface area contributed by atoms with E-state index in [1.54, 1.807) is 7.11 Å². The van der Waals surface area contributed by atoms with Gasteiger partial charge < -0.3 is 14.8 Å². The fourth-order valence-corrected chi connectivity index (χ4v) is 2.51. The van der Waals surface area contributed by atoms with Gasteiger partial charge in [-0.3, -0.25) is 4.79 Å². The smallest absolute Gasteiger partial charge is 0.310 e.